The number of nitrogens with zero attached hydrogens (tertiary/aromatic N) is 4. The average Bonchev–Trinajstić information content (AvgIpc) is 3.08. The number of carbonyl (C=O) groups is 1. The number of hydrogen-bond acceptors (Lipinski definition) is 8. The van der Waals surface area contributed by atoms with Crippen LogP contribution < -0.4 is 20.1 Å². The van der Waals surface area contributed by atoms with Crippen LogP contribution in [0.25, 0.3) is 0 Å². The van der Waals surface area contributed by atoms with Crippen molar-refractivity contribution in [2.75, 3.05) is 24.3 Å². The number of nitrogens with two attached hydrogens (primary N) is 1. The van der Waals surface area contributed by atoms with E-state index in [1.807, 2.05) is 37.8 Å². The molecule has 8 nitrogen and oxygen atoms in total. The number of pyridine rings is 1. The van der Waals surface area contributed by atoms with Crippen molar-refractivity contribution in [3.63, 3.8) is 0 Å². The van der Waals surface area contributed by atoms with E-state index in [-0.39, 0.29) is 11.4 Å². The van der Waals surface area contributed by atoms with E-state index in [9.17, 15) is 0 Å². The lowest BCUT2D eigenvalue weighted by Crippen LogP contribution is -2.19. The van der Waals surface area contributed by atoms with Crippen LogP contribution in [0.2, 0.25) is 0 Å². The summed E-state index contributed by atoms with van der Waals surface area (Å²) in [5.41, 5.74) is 9.36. The predicted octanol–water partition coefficient (Wildman–Crippen LogP) is 3.81. The molecular formula is C22H25N5O3. The lowest BCUT2D eigenvalue weighted by molar-refractivity contribution is -0.0979. The number of fused-ring (bicyclic) bond motifs is 1. The summed E-state index contributed by atoms with van der Waals surface area (Å²) in [6.45, 7) is 8.94. The van der Waals surface area contributed by atoms with Gasteiger partial charge in [0.1, 0.15) is 18.3 Å². The van der Waals surface area contributed by atoms with E-state index in [2.05, 4.69) is 28.8 Å². The van der Waals surface area contributed by atoms with Crippen molar-refractivity contribution in [3.8, 4) is 17.5 Å². The number of anilines is 3. The average molecular weight is 407 g/mol. The molecule has 1 aliphatic rings. The number of aryl methyl sites for hydroxylation is 1. The second kappa shape index (κ2) is 8.36. The molecular weight excluding hydrogens is 382 g/mol. The third-order valence-corrected chi connectivity index (χ3v) is 4.91. The molecule has 156 valence electrons. The predicted molar refractivity (Wildman–Crippen MR) is 116 cm³/mol. The molecule has 8 heteroatoms. The molecule has 3 aromatic rings. The van der Waals surface area contributed by atoms with Gasteiger partial charge in [-0.2, -0.15) is 0 Å². The van der Waals surface area contributed by atoms with Gasteiger partial charge in [-0.05, 0) is 30.7 Å². The van der Waals surface area contributed by atoms with Crippen molar-refractivity contribution >= 4 is 24.0 Å². The van der Waals surface area contributed by atoms with Gasteiger partial charge in [0.05, 0.1) is 30.4 Å². The van der Waals surface area contributed by atoms with Gasteiger partial charge in [0, 0.05) is 24.2 Å². The topological polar surface area (TPSA) is 103 Å². The lowest BCUT2D eigenvalue weighted by atomic mass is 9.85. The fourth-order valence-corrected chi connectivity index (χ4v) is 3.35. The van der Waals surface area contributed by atoms with E-state index in [4.69, 9.17) is 20.0 Å². The Morgan fingerprint density at radius 1 is 1.17 bits per heavy atom. The summed E-state index contributed by atoms with van der Waals surface area (Å²) in [4.78, 5) is 22.9. The number of aromatic nitrogens is 3. The van der Waals surface area contributed by atoms with Crippen molar-refractivity contribution in [2.24, 2.45) is 0 Å². The molecule has 0 fully saturated rings. The van der Waals surface area contributed by atoms with Crippen LogP contribution in [-0.2, 0) is 10.2 Å². The van der Waals surface area contributed by atoms with Gasteiger partial charge >= 0.3 is 6.01 Å². The molecule has 30 heavy (non-hydrogen) atoms. The van der Waals surface area contributed by atoms with Crippen LogP contribution in [0.1, 0.15) is 25.0 Å². The quantitative estimate of drug-likeness (QED) is 0.696. The summed E-state index contributed by atoms with van der Waals surface area (Å²) in [6, 6.07) is 7.81. The van der Waals surface area contributed by atoms with Crippen molar-refractivity contribution < 1.29 is 14.3 Å². The van der Waals surface area contributed by atoms with Gasteiger partial charge in [0.2, 0.25) is 0 Å². The van der Waals surface area contributed by atoms with Gasteiger partial charge in [-0.15, -0.1) is 0 Å². The summed E-state index contributed by atoms with van der Waals surface area (Å²) < 4.78 is 11.9. The zero-order valence-electron chi connectivity index (χ0n) is 17.5. The van der Waals surface area contributed by atoms with Gasteiger partial charge in [-0.1, -0.05) is 19.9 Å². The van der Waals surface area contributed by atoms with Crippen molar-refractivity contribution in [1.82, 2.24) is 15.0 Å². The second-order valence-electron chi connectivity index (χ2n) is 7.56. The number of ether oxygens (including phenoxy) is 2. The third kappa shape index (κ3) is 3.89. The molecule has 0 spiro atoms. The Morgan fingerprint density at radius 2 is 1.87 bits per heavy atom. The Morgan fingerprint density at radius 3 is 2.53 bits per heavy atom. The Hall–Kier alpha value is -3.68. The highest BCUT2D eigenvalue weighted by molar-refractivity contribution is 5.69. The smallest absolute Gasteiger partial charge is 0.322 e. The minimum atomic E-state index is -0.132. The first kappa shape index (κ1) is 21.0. The maximum atomic E-state index is 8.00. The fourth-order valence-electron chi connectivity index (χ4n) is 3.35. The third-order valence-electron chi connectivity index (χ3n) is 4.91. The Kier molecular flexibility index (Phi) is 5.86. The number of carbonyl (C=O) groups excluding carboxylic acids is 1. The van der Waals surface area contributed by atoms with Gasteiger partial charge in [0.15, 0.2) is 5.82 Å². The highest BCUT2D eigenvalue weighted by Gasteiger charge is 2.36. The summed E-state index contributed by atoms with van der Waals surface area (Å²) >= 11 is 0. The van der Waals surface area contributed by atoms with Crippen LogP contribution in [-0.4, -0.2) is 35.4 Å². The number of hydrogen-bond donors (Lipinski definition) is 1. The second-order valence-corrected chi connectivity index (χ2v) is 7.56. The van der Waals surface area contributed by atoms with E-state index < -0.39 is 0 Å². The van der Waals surface area contributed by atoms with Gasteiger partial charge < -0.3 is 24.9 Å². The molecule has 0 atom stereocenters. The first-order valence-corrected chi connectivity index (χ1v) is 9.37. The molecule has 1 aliphatic heterocycles. The van der Waals surface area contributed by atoms with Gasteiger partial charge in [-0.3, -0.25) is 0 Å². The Balaban J connectivity index is 0.00000124. The van der Waals surface area contributed by atoms with Crippen LogP contribution in [0.5, 0.6) is 17.5 Å². The lowest BCUT2D eigenvalue weighted by Gasteiger charge is -2.20. The first-order valence-electron chi connectivity index (χ1n) is 9.37. The number of nitrogen functional groups attached to an aromatic ring is 1. The normalized spacial score (nSPS) is 13.5. The number of rotatable bonds is 4. The van der Waals surface area contributed by atoms with E-state index in [1.54, 1.807) is 30.7 Å². The van der Waals surface area contributed by atoms with Crippen LogP contribution in [0.15, 0.2) is 42.9 Å². The molecule has 2 N–H and O–H groups in total. The molecule has 2 aromatic heterocycles. The highest BCUT2D eigenvalue weighted by atomic mass is 16.5. The summed E-state index contributed by atoms with van der Waals surface area (Å²) in [5.74, 6) is 2.26. The van der Waals surface area contributed by atoms with Crippen LogP contribution in [0.4, 0.5) is 17.2 Å². The molecule has 0 amide bonds. The monoisotopic (exact) mass is 407 g/mol. The van der Waals surface area contributed by atoms with E-state index in [1.165, 1.54) is 0 Å². The molecule has 3 heterocycles. The van der Waals surface area contributed by atoms with E-state index in [0.29, 0.717) is 18.1 Å². The van der Waals surface area contributed by atoms with E-state index >= 15 is 0 Å². The fraction of sp³-hybridized carbons (Fsp3) is 0.273. The molecule has 0 unspecified atom stereocenters. The Bertz CT molecular complexity index is 1040. The SMILES string of the molecule is C=O.Cc1ccc(Oc2ncc(N(C)c3ncccc3N)cn2)c2c1OCC2(C)C. The van der Waals surface area contributed by atoms with Crippen LogP contribution in [0.3, 0.4) is 0 Å². The molecule has 0 aliphatic carbocycles. The summed E-state index contributed by atoms with van der Waals surface area (Å²) in [6.07, 6.45) is 5.07. The summed E-state index contributed by atoms with van der Waals surface area (Å²) in [5, 5.41) is 0. The van der Waals surface area contributed by atoms with Gasteiger partial charge in [-0.25, -0.2) is 15.0 Å². The molecule has 4 rings (SSSR count). The molecule has 0 saturated heterocycles. The van der Waals surface area contributed by atoms with Crippen molar-refractivity contribution in [2.45, 2.75) is 26.2 Å². The zero-order valence-corrected chi connectivity index (χ0v) is 17.5. The maximum absolute atomic E-state index is 8.00. The maximum Gasteiger partial charge on any atom is 0.322 e. The molecule has 1 aromatic carbocycles. The van der Waals surface area contributed by atoms with E-state index in [0.717, 1.165) is 28.3 Å². The summed E-state index contributed by atoms with van der Waals surface area (Å²) in [7, 11) is 1.87. The minimum absolute atomic E-state index is 0.132. The van der Waals surface area contributed by atoms with Gasteiger partial charge in [0.25, 0.3) is 0 Å². The molecule has 0 bridgehead atoms. The molecule has 0 saturated carbocycles. The van der Waals surface area contributed by atoms with Crippen LogP contribution >= 0.6 is 0 Å². The minimum Gasteiger partial charge on any atom is -0.492 e. The van der Waals surface area contributed by atoms with Crippen LogP contribution in [0, 0.1) is 6.92 Å². The largest absolute Gasteiger partial charge is 0.492 e. The Labute approximate surface area is 175 Å². The standard InChI is InChI=1S/C21H23N5O2.CH2O/c1-13-7-8-16(17-18(13)27-12-21(17,2)3)28-20-24-10-14(11-25-20)26(4)19-15(22)6-5-9-23-19;1-2/h5-11H,12,22H2,1-4H3;1H2. The number of benzene rings is 1. The van der Waals surface area contributed by atoms with Crippen molar-refractivity contribution in [1.29, 1.82) is 0 Å². The molecule has 0 radical (unpaired) electrons. The zero-order chi connectivity index (χ0) is 21.9. The first-order chi connectivity index (χ1) is 14.4. The highest BCUT2D eigenvalue weighted by Crippen LogP contribution is 2.46. The van der Waals surface area contributed by atoms with Crippen molar-refractivity contribution in [3.05, 3.63) is 54.0 Å².